The third kappa shape index (κ3) is 3.75. The average Bonchev–Trinajstić information content (AvgIpc) is 3.43. The number of hydrogen-bond donors (Lipinski definition) is 3. The maximum atomic E-state index is 12.3. The van der Waals surface area contributed by atoms with E-state index >= 15 is 0 Å². The van der Waals surface area contributed by atoms with Gasteiger partial charge >= 0.3 is 6.03 Å². The summed E-state index contributed by atoms with van der Waals surface area (Å²) in [6.45, 7) is 0.556. The maximum absolute atomic E-state index is 12.3. The molecule has 0 radical (unpaired) electrons. The lowest BCUT2D eigenvalue weighted by molar-refractivity contribution is 0.252. The van der Waals surface area contributed by atoms with Crippen molar-refractivity contribution in [3.8, 4) is 11.5 Å². The van der Waals surface area contributed by atoms with Crippen LogP contribution < -0.4 is 10.6 Å². The zero-order valence-electron chi connectivity index (χ0n) is 16.1. The van der Waals surface area contributed by atoms with Crippen LogP contribution in [0.1, 0.15) is 5.56 Å². The summed E-state index contributed by atoms with van der Waals surface area (Å²) in [6, 6.07) is 19.9. The molecule has 0 aliphatic heterocycles. The number of carbonyl (C=O) groups is 1. The smallest absolute Gasteiger partial charge is 0.319 e. The molecule has 0 atom stereocenters. The average molecular weight is 414 g/mol. The number of rotatable bonds is 5. The molecule has 148 valence electrons. The molecule has 5 aromatic rings. The van der Waals surface area contributed by atoms with Gasteiger partial charge in [-0.15, -0.1) is 11.3 Å². The lowest BCUT2D eigenvalue weighted by atomic mass is 10.0. The molecule has 30 heavy (non-hydrogen) atoms. The molecule has 0 spiro atoms. The SMILES string of the molecule is O=C(NCCc1cccc2ccccc12)Nc1ccc2nc(-c3cscn3)[nH]c2c1. The normalized spacial score (nSPS) is 11.1. The van der Waals surface area contributed by atoms with Crippen molar-refractivity contribution in [1.29, 1.82) is 0 Å². The lowest BCUT2D eigenvalue weighted by Crippen LogP contribution is -2.30. The predicted molar refractivity (Wildman–Crippen MR) is 122 cm³/mol. The summed E-state index contributed by atoms with van der Waals surface area (Å²) in [5.41, 5.74) is 6.21. The molecule has 0 fully saturated rings. The van der Waals surface area contributed by atoms with Gasteiger partial charge in [-0.2, -0.15) is 0 Å². The minimum atomic E-state index is -0.228. The highest BCUT2D eigenvalue weighted by Gasteiger charge is 2.09. The minimum Gasteiger partial charge on any atom is -0.338 e. The van der Waals surface area contributed by atoms with Crippen molar-refractivity contribution in [1.82, 2.24) is 20.3 Å². The first kappa shape index (κ1) is 18.3. The highest BCUT2D eigenvalue weighted by atomic mass is 32.1. The fourth-order valence-corrected chi connectivity index (χ4v) is 4.07. The van der Waals surface area contributed by atoms with Crippen molar-refractivity contribution in [2.75, 3.05) is 11.9 Å². The van der Waals surface area contributed by atoms with Gasteiger partial charge in [-0.25, -0.2) is 14.8 Å². The van der Waals surface area contributed by atoms with Gasteiger partial charge in [0.25, 0.3) is 0 Å². The zero-order valence-corrected chi connectivity index (χ0v) is 16.9. The van der Waals surface area contributed by atoms with E-state index < -0.39 is 0 Å². The predicted octanol–water partition coefficient (Wildman–Crippen LogP) is 5.20. The molecule has 2 amide bonds. The van der Waals surface area contributed by atoms with E-state index in [1.54, 1.807) is 5.51 Å². The third-order valence-corrected chi connectivity index (χ3v) is 5.56. The standard InChI is InChI=1S/C23H19N5OS/c29-23(24-11-10-16-6-3-5-15-4-1-2-7-18(15)16)26-17-8-9-19-20(12-17)28-22(27-19)21-13-30-14-25-21/h1-9,12-14H,10-11H2,(H,27,28)(H2,24,26,29). The van der Waals surface area contributed by atoms with Gasteiger partial charge < -0.3 is 15.6 Å². The van der Waals surface area contributed by atoms with Gasteiger partial charge in [0.15, 0.2) is 5.82 Å². The number of nitrogens with one attached hydrogen (secondary N) is 3. The number of imidazole rings is 1. The molecule has 0 aliphatic rings. The van der Waals surface area contributed by atoms with Gasteiger partial charge in [0.2, 0.25) is 0 Å². The summed E-state index contributed by atoms with van der Waals surface area (Å²) in [4.78, 5) is 24.4. The van der Waals surface area contributed by atoms with Crippen LogP contribution in [0.25, 0.3) is 33.3 Å². The number of benzene rings is 3. The summed E-state index contributed by atoms with van der Waals surface area (Å²) < 4.78 is 0. The number of anilines is 1. The molecule has 3 N–H and O–H groups in total. The first-order valence-corrected chi connectivity index (χ1v) is 10.6. The molecule has 0 unspecified atom stereocenters. The van der Waals surface area contributed by atoms with E-state index in [2.05, 4.69) is 55.9 Å². The number of H-pyrrole nitrogens is 1. The number of urea groups is 1. The van der Waals surface area contributed by atoms with Crippen LogP contribution in [0.5, 0.6) is 0 Å². The van der Waals surface area contributed by atoms with Crippen LogP contribution in [-0.4, -0.2) is 27.5 Å². The summed E-state index contributed by atoms with van der Waals surface area (Å²) in [7, 11) is 0. The number of aromatic nitrogens is 3. The number of nitrogens with zero attached hydrogens (tertiary/aromatic N) is 2. The van der Waals surface area contributed by atoms with Gasteiger partial charge in [0.1, 0.15) is 5.69 Å². The molecule has 5 rings (SSSR count). The van der Waals surface area contributed by atoms with Crippen LogP contribution in [-0.2, 0) is 6.42 Å². The molecular formula is C23H19N5OS. The molecule has 6 nitrogen and oxygen atoms in total. The van der Waals surface area contributed by atoms with Crippen LogP contribution in [0.2, 0.25) is 0 Å². The molecular weight excluding hydrogens is 394 g/mol. The fraction of sp³-hybridized carbons (Fsp3) is 0.0870. The van der Waals surface area contributed by atoms with Crippen molar-refractivity contribution in [2.24, 2.45) is 0 Å². The Morgan fingerprint density at radius 2 is 1.97 bits per heavy atom. The second kappa shape index (κ2) is 7.96. The quantitative estimate of drug-likeness (QED) is 0.370. The summed E-state index contributed by atoms with van der Waals surface area (Å²) >= 11 is 1.53. The Morgan fingerprint density at radius 3 is 2.87 bits per heavy atom. The van der Waals surface area contributed by atoms with E-state index in [1.807, 2.05) is 35.7 Å². The molecule has 0 bridgehead atoms. The van der Waals surface area contributed by atoms with Crippen molar-refractivity contribution in [2.45, 2.75) is 6.42 Å². The topological polar surface area (TPSA) is 82.7 Å². The maximum Gasteiger partial charge on any atom is 0.319 e. The Morgan fingerprint density at radius 1 is 1.07 bits per heavy atom. The lowest BCUT2D eigenvalue weighted by Gasteiger charge is -2.09. The van der Waals surface area contributed by atoms with Crippen LogP contribution in [0.4, 0.5) is 10.5 Å². The number of hydrogen-bond acceptors (Lipinski definition) is 4. The van der Waals surface area contributed by atoms with Crippen LogP contribution in [0.15, 0.2) is 71.6 Å². The first-order valence-electron chi connectivity index (χ1n) is 9.66. The Hall–Kier alpha value is -3.71. The molecule has 0 aliphatic carbocycles. The molecule has 2 aromatic heterocycles. The number of fused-ring (bicyclic) bond motifs is 2. The van der Waals surface area contributed by atoms with Gasteiger partial charge in [-0.1, -0.05) is 42.5 Å². The summed E-state index contributed by atoms with van der Waals surface area (Å²) in [6.07, 6.45) is 0.769. The molecule has 7 heteroatoms. The molecule has 0 saturated heterocycles. The van der Waals surface area contributed by atoms with Gasteiger partial charge in [-0.05, 0) is 41.0 Å². The van der Waals surface area contributed by atoms with Crippen LogP contribution in [0, 0.1) is 0 Å². The Balaban J connectivity index is 1.22. The van der Waals surface area contributed by atoms with Crippen LogP contribution in [0.3, 0.4) is 0 Å². The highest BCUT2D eigenvalue weighted by molar-refractivity contribution is 7.07. The second-order valence-corrected chi connectivity index (χ2v) is 7.68. The number of aromatic amines is 1. The monoisotopic (exact) mass is 413 g/mol. The minimum absolute atomic E-state index is 0.228. The van der Waals surface area contributed by atoms with Crippen molar-refractivity contribution in [3.63, 3.8) is 0 Å². The van der Waals surface area contributed by atoms with Gasteiger partial charge in [0.05, 0.1) is 16.5 Å². The van der Waals surface area contributed by atoms with Crippen molar-refractivity contribution < 1.29 is 4.79 Å². The Labute approximate surface area is 177 Å². The fourth-order valence-electron chi connectivity index (χ4n) is 3.53. The molecule has 2 heterocycles. The first-order chi connectivity index (χ1) is 14.8. The van der Waals surface area contributed by atoms with E-state index in [9.17, 15) is 4.79 Å². The van der Waals surface area contributed by atoms with Crippen LogP contribution >= 0.6 is 11.3 Å². The second-order valence-electron chi connectivity index (χ2n) is 6.96. The molecule has 0 saturated carbocycles. The number of amides is 2. The Bertz CT molecular complexity index is 1320. The summed E-state index contributed by atoms with van der Waals surface area (Å²) in [5.74, 6) is 0.725. The highest BCUT2D eigenvalue weighted by Crippen LogP contribution is 2.23. The summed E-state index contributed by atoms with van der Waals surface area (Å²) in [5, 5.41) is 10.2. The van der Waals surface area contributed by atoms with E-state index in [0.717, 1.165) is 29.0 Å². The van der Waals surface area contributed by atoms with E-state index in [-0.39, 0.29) is 6.03 Å². The number of carbonyl (C=O) groups excluding carboxylic acids is 1. The third-order valence-electron chi connectivity index (χ3n) is 4.97. The Kier molecular flexibility index (Phi) is 4.86. The molecule has 3 aromatic carbocycles. The zero-order chi connectivity index (χ0) is 20.3. The van der Waals surface area contributed by atoms with Gasteiger partial charge in [-0.3, -0.25) is 0 Å². The van der Waals surface area contributed by atoms with Crippen molar-refractivity contribution in [3.05, 3.63) is 77.1 Å². The van der Waals surface area contributed by atoms with E-state index in [0.29, 0.717) is 12.2 Å². The van der Waals surface area contributed by atoms with E-state index in [1.165, 1.54) is 27.7 Å². The largest absolute Gasteiger partial charge is 0.338 e. The number of thiazole rings is 1. The van der Waals surface area contributed by atoms with Crippen molar-refractivity contribution >= 4 is 44.9 Å². The van der Waals surface area contributed by atoms with E-state index in [4.69, 9.17) is 0 Å². The van der Waals surface area contributed by atoms with Gasteiger partial charge in [0, 0.05) is 17.6 Å².